The molecule has 0 heterocycles. The summed E-state index contributed by atoms with van der Waals surface area (Å²) in [6.07, 6.45) is 0. The van der Waals surface area contributed by atoms with Crippen LogP contribution in [0.5, 0.6) is 5.75 Å². The zero-order valence-corrected chi connectivity index (χ0v) is 11.8. The first kappa shape index (κ1) is 14.1. The number of nitrogens with one attached hydrogen (secondary N) is 1. The lowest BCUT2D eigenvalue weighted by molar-refractivity contribution is 0.300. The maximum absolute atomic E-state index is 8.78. The third kappa shape index (κ3) is 3.37. The van der Waals surface area contributed by atoms with Crippen molar-refractivity contribution in [1.29, 1.82) is 5.26 Å². The van der Waals surface area contributed by atoms with Crippen molar-refractivity contribution in [3.63, 3.8) is 0 Å². The van der Waals surface area contributed by atoms with Crippen LogP contribution in [0.3, 0.4) is 0 Å². The number of hydrogen-bond acceptors (Lipinski definition) is 3. The van der Waals surface area contributed by atoms with E-state index in [0.717, 1.165) is 29.0 Å². The van der Waals surface area contributed by atoms with Gasteiger partial charge >= 0.3 is 0 Å². The summed E-state index contributed by atoms with van der Waals surface area (Å²) in [5, 5.41) is 11.9. The first-order valence-corrected chi connectivity index (χ1v) is 6.59. The van der Waals surface area contributed by atoms with Crippen molar-refractivity contribution >= 4 is 0 Å². The smallest absolute Gasteiger partial charge is 0.127 e. The molecule has 0 unspecified atom stereocenters. The van der Waals surface area contributed by atoms with E-state index in [9.17, 15) is 0 Å². The van der Waals surface area contributed by atoms with Crippen LogP contribution in [-0.2, 0) is 13.2 Å². The van der Waals surface area contributed by atoms with Gasteiger partial charge in [0.15, 0.2) is 0 Å². The Labute approximate surface area is 119 Å². The number of nitrogens with zero attached hydrogens (tertiary/aromatic N) is 1. The van der Waals surface area contributed by atoms with Gasteiger partial charge in [-0.05, 0) is 37.2 Å². The second-order valence-electron chi connectivity index (χ2n) is 4.69. The van der Waals surface area contributed by atoms with Gasteiger partial charge in [0.05, 0.1) is 11.6 Å². The van der Waals surface area contributed by atoms with Crippen molar-refractivity contribution in [2.75, 3.05) is 7.05 Å². The lowest BCUT2D eigenvalue weighted by Gasteiger charge is -2.14. The van der Waals surface area contributed by atoms with Gasteiger partial charge < -0.3 is 10.1 Å². The fourth-order valence-electron chi connectivity index (χ4n) is 2.08. The molecule has 0 bridgehead atoms. The summed E-state index contributed by atoms with van der Waals surface area (Å²) in [4.78, 5) is 0. The number of benzene rings is 2. The van der Waals surface area contributed by atoms with Crippen molar-refractivity contribution in [2.24, 2.45) is 0 Å². The van der Waals surface area contributed by atoms with Crippen LogP contribution >= 0.6 is 0 Å². The van der Waals surface area contributed by atoms with Crippen LogP contribution in [0.4, 0.5) is 0 Å². The molecule has 0 saturated heterocycles. The summed E-state index contributed by atoms with van der Waals surface area (Å²) in [5.74, 6) is 0.936. The average molecular weight is 266 g/mol. The number of para-hydroxylation sites is 1. The molecule has 2 rings (SSSR count). The summed E-state index contributed by atoms with van der Waals surface area (Å²) in [6, 6.07) is 15.7. The van der Waals surface area contributed by atoms with Gasteiger partial charge in [-0.25, -0.2) is 0 Å². The minimum atomic E-state index is 0.507. The molecule has 3 nitrogen and oxygen atoms in total. The largest absolute Gasteiger partial charge is 0.488 e. The van der Waals surface area contributed by atoms with E-state index in [4.69, 9.17) is 10.00 Å². The molecule has 0 aromatic heterocycles. The summed E-state index contributed by atoms with van der Waals surface area (Å²) in [6.45, 7) is 3.34. The molecule has 0 aliphatic rings. The van der Waals surface area contributed by atoms with Gasteiger partial charge in [0.25, 0.3) is 0 Å². The van der Waals surface area contributed by atoms with Gasteiger partial charge in [-0.2, -0.15) is 5.26 Å². The molecule has 0 atom stereocenters. The highest BCUT2D eigenvalue weighted by Crippen LogP contribution is 2.24. The van der Waals surface area contributed by atoms with E-state index in [1.165, 1.54) is 0 Å². The van der Waals surface area contributed by atoms with Crippen LogP contribution in [0, 0.1) is 18.3 Å². The Morgan fingerprint density at radius 3 is 2.55 bits per heavy atom. The van der Waals surface area contributed by atoms with E-state index in [-0.39, 0.29) is 0 Å². The normalized spacial score (nSPS) is 10.1. The molecular weight excluding hydrogens is 248 g/mol. The third-order valence-corrected chi connectivity index (χ3v) is 3.13. The van der Waals surface area contributed by atoms with Crippen molar-refractivity contribution in [1.82, 2.24) is 5.32 Å². The van der Waals surface area contributed by atoms with Gasteiger partial charge in [-0.1, -0.05) is 30.3 Å². The van der Waals surface area contributed by atoms with E-state index in [1.54, 1.807) is 0 Å². The summed E-state index contributed by atoms with van der Waals surface area (Å²) in [7, 11) is 1.92. The molecule has 0 radical (unpaired) electrons. The quantitative estimate of drug-likeness (QED) is 0.904. The second-order valence-corrected chi connectivity index (χ2v) is 4.69. The molecule has 0 spiro atoms. The van der Waals surface area contributed by atoms with Crippen LogP contribution < -0.4 is 10.1 Å². The monoisotopic (exact) mass is 266 g/mol. The first-order valence-electron chi connectivity index (χ1n) is 6.59. The molecule has 0 saturated carbocycles. The molecule has 2 aromatic rings. The molecule has 0 aliphatic carbocycles. The summed E-state index contributed by atoms with van der Waals surface area (Å²) >= 11 is 0. The Bertz CT molecular complexity index is 612. The van der Waals surface area contributed by atoms with Gasteiger partial charge in [-0.3, -0.25) is 0 Å². The maximum Gasteiger partial charge on any atom is 0.127 e. The Hall–Kier alpha value is -2.31. The van der Waals surface area contributed by atoms with Gasteiger partial charge in [0.2, 0.25) is 0 Å². The van der Waals surface area contributed by atoms with Crippen molar-refractivity contribution in [2.45, 2.75) is 20.1 Å². The second kappa shape index (κ2) is 6.74. The van der Waals surface area contributed by atoms with Crippen LogP contribution in [0.1, 0.15) is 22.3 Å². The standard InChI is InChI=1S/C17H18N2O/c1-13-4-3-5-16(11-19-2)17(13)20-12-15-8-6-14(10-18)7-9-15/h3-9,19H,11-12H2,1-2H3. The van der Waals surface area contributed by atoms with E-state index >= 15 is 0 Å². The number of rotatable bonds is 5. The Morgan fingerprint density at radius 2 is 1.90 bits per heavy atom. The van der Waals surface area contributed by atoms with Crippen molar-refractivity contribution < 1.29 is 4.74 Å². The number of ether oxygens (including phenoxy) is 1. The van der Waals surface area contributed by atoms with Crippen molar-refractivity contribution in [3.05, 3.63) is 64.7 Å². The van der Waals surface area contributed by atoms with Gasteiger partial charge in [-0.15, -0.1) is 0 Å². The van der Waals surface area contributed by atoms with Crippen LogP contribution in [-0.4, -0.2) is 7.05 Å². The van der Waals surface area contributed by atoms with Crippen molar-refractivity contribution in [3.8, 4) is 11.8 Å². The predicted octanol–water partition coefficient (Wildman–Crippen LogP) is 3.17. The average Bonchev–Trinajstić information content (AvgIpc) is 2.47. The third-order valence-electron chi connectivity index (χ3n) is 3.13. The first-order chi connectivity index (χ1) is 9.74. The molecule has 1 N–H and O–H groups in total. The summed E-state index contributed by atoms with van der Waals surface area (Å²) in [5.41, 5.74) is 4.01. The van der Waals surface area contributed by atoms with Gasteiger partial charge in [0, 0.05) is 12.1 Å². The lowest BCUT2D eigenvalue weighted by atomic mass is 10.1. The fraction of sp³-hybridized carbons (Fsp3) is 0.235. The van der Waals surface area contributed by atoms with E-state index in [0.29, 0.717) is 12.2 Å². The Balaban J connectivity index is 2.12. The molecule has 0 aliphatic heterocycles. The zero-order chi connectivity index (χ0) is 14.4. The highest BCUT2D eigenvalue weighted by Gasteiger charge is 2.06. The molecule has 3 heteroatoms. The highest BCUT2D eigenvalue weighted by atomic mass is 16.5. The Kier molecular flexibility index (Phi) is 4.75. The SMILES string of the molecule is CNCc1cccc(C)c1OCc1ccc(C#N)cc1. The van der Waals surface area contributed by atoms with E-state index in [1.807, 2.05) is 50.4 Å². The van der Waals surface area contributed by atoms with Gasteiger partial charge in [0.1, 0.15) is 12.4 Å². The molecule has 20 heavy (non-hydrogen) atoms. The molecule has 0 amide bonds. The maximum atomic E-state index is 8.78. The highest BCUT2D eigenvalue weighted by molar-refractivity contribution is 5.41. The molecule has 102 valence electrons. The topological polar surface area (TPSA) is 45.0 Å². The Morgan fingerprint density at radius 1 is 1.15 bits per heavy atom. The van der Waals surface area contributed by atoms with Crippen LogP contribution in [0.25, 0.3) is 0 Å². The molecule has 0 fully saturated rings. The summed E-state index contributed by atoms with van der Waals surface area (Å²) < 4.78 is 5.96. The number of aryl methyl sites for hydroxylation is 1. The predicted molar refractivity (Wildman–Crippen MR) is 79.4 cm³/mol. The number of hydrogen-bond donors (Lipinski definition) is 1. The van der Waals surface area contributed by atoms with E-state index < -0.39 is 0 Å². The van der Waals surface area contributed by atoms with E-state index in [2.05, 4.69) is 17.5 Å². The van der Waals surface area contributed by atoms with Crippen LogP contribution in [0.15, 0.2) is 42.5 Å². The molecular formula is C17H18N2O. The minimum Gasteiger partial charge on any atom is -0.488 e. The zero-order valence-electron chi connectivity index (χ0n) is 11.8. The minimum absolute atomic E-state index is 0.507. The molecule has 2 aromatic carbocycles. The number of nitriles is 1. The van der Waals surface area contributed by atoms with Crippen LogP contribution in [0.2, 0.25) is 0 Å². The lowest BCUT2D eigenvalue weighted by Crippen LogP contribution is -2.08. The fourth-order valence-corrected chi connectivity index (χ4v) is 2.08.